The van der Waals surface area contributed by atoms with Crippen LogP contribution in [-0.4, -0.2) is 71.5 Å². The Kier molecular flexibility index (Phi) is 13.2. The van der Waals surface area contributed by atoms with E-state index in [0.29, 0.717) is 52.6 Å². The van der Waals surface area contributed by atoms with Crippen LogP contribution in [0.1, 0.15) is 20.9 Å². The fourth-order valence-corrected chi connectivity index (χ4v) is 4.92. The van der Waals surface area contributed by atoms with E-state index in [0.717, 1.165) is 20.9 Å². The standard InChI is InChI=1S/C30H34N4O6S2/c35-29(40-22-28-18-32-24-42-28)33(19-25-7-3-1-4-8-25)11-13-37-15-16-38-14-12-34(20-27-17-31-23-41-27)30(36)39-21-26-9-5-2-6-10-26/h1-10,17-18,23-24H,11-16,19-22H2. The molecule has 42 heavy (non-hydrogen) atoms. The summed E-state index contributed by atoms with van der Waals surface area (Å²) in [7, 11) is 0. The highest BCUT2D eigenvalue weighted by Crippen LogP contribution is 2.13. The molecule has 4 aromatic rings. The molecule has 0 saturated heterocycles. The SMILES string of the molecule is O=C(OCc1cncs1)N(CCOCCOCCN(Cc1cncs1)C(=O)OCc1ccccc1)Cc1ccccc1. The highest BCUT2D eigenvalue weighted by atomic mass is 32.1. The topological polar surface area (TPSA) is 103 Å². The van der Waals surface area contributed by atoms with Crippen LogP contribution in [-0.2, 0) is 45.3 Å². The molecule has 222 valence electrons. The fraction of sp³-hybridized carbons (Fsp3) is 0.333. The third-order valence-corrected chi connectivity index (χ3v) is 7.49. The van der Waals surface area contributed by atoms with Crippen LogP contribution in [0.25, 0.3) is 0 Å². The summed E-state index contributed by atoms with van der Waals surface area (Å²) in [6, 6.07) is 19.3. The lowest BCUT2D eigenvalue weighted by Crippen LogP contribution is -2.34. The summed E-state index contributed by atoms with van der Waals surface area (Å²) in [6.07, 6.45) is 2.61. The number of rotatable bonds is 17. The lowest BCUT2D eigenvalue weighted by molar-refractivity contribution is 0.0248. The van der Waals surface area contributed by atoms with Gasteiger partial charge in [0.15, 0.2) is 0 Å². The van der Waals surface area contributed by atoms with Crippen molar-refractivity contribution in [2.75, 3.05) is 39.5 Å². The second-order valence-corrected chi connectivity index (χ2v) is 11.0. The minimum Gasteiger partial charge on any atom is -0.445 e. The average Bonchev–Trinajstić information content (AvgIpc) is 3.74. The van der Waals surface area contributed by atoms with Crippen molar-refractivity contribution < 1.29 is 28.5 Å². The van der Waals surface area contributed by atoms with Crippen LogP contribution in [0.5, 0.6) is 0 Å². The lowest BCUT2D eigenvalue weighted by Gasteiger charge is -2.22. The van der Waals surface area contributed by atoms with Crippen molar-refractivity contribution in [1.29, 1.82) is 0 Å². The molecule has 0 atom stereocenters. The first kappa shape index (κ1) is 31.1. The normalized spacial score (nSPS) is 10.8. The van der Waals surface area contributed by atoms with Gasteiger partial charge in [-0.3, -0.25) is 9.97 Å². The molecule has 2 aromatic carbocycles. The van der Waals surface area contributed by atoms with Crippen molar-refractivity contribution in [1.82, 2.24) is 19.8 Å². The molecular weight excluding hydrogens is 576 g/mol. The zero-order valence-corrected chi connectivity index (χ0v) is 24.8. The van der Waals surface area contributed by atoms with E-state index in [4.69, 9.17) is 18.9 Å². The summed E-state index contributed by atoms with van der Waals surface area (Å²) in [5.41, 5.74) is 5.36. The Bertz CT molecular complexity index is 1290. The number of benzene rings is 2. The number of nitrogens with zero attached hydrogens (tertiary/aromatic N) is 4. The minimum absolute atomic E-state index is 0.184. The van der Waals surface area contributed by atoms with Gasteiger partial charge >= 0.3 is 12.2 Å². The molecule has 0 N–H and O–H groups in total. The van der Waals surface area contributed by atoms with Crippen molar-refractivity contribution >= 4 is 34.9 Å². The van der Waals surface area contributed by atoms with Gasteiger partial charge in [-0.1, -0.05) is 60.7 Å². The Balaban J connectivity index is 1.16. The monoisotopic (exact) mass is 610 g/mol. The Morgan fingerprint density at radius 3 is 1.71 bits per heavy atom. The predicted octanol–water partition coefficient (Wildman–Crippen LogP) is 5.61. The first-order valence-electron chi connectivity index (χ1n) is 13.5. The summed E-state index contributed by atoms with van der Waals surface area (Å²) >= 11 is 2.92. The second-order valence-electron chi connectivity index (χ2n) is 9.08. The summed E-state index contributed by atoms with van der Waals surface area (Å²) in [5, 5.41) is 0. The van der Waals surface area contributed by atoms with Crippen molar-refractivity contribution in [2.45, 2.75) is 26.3 Å². The van der Waals surface area contributed by atoms with Crippen molar-refractivity contribution in [3.05, 3.63) is 105 Å². The van der Waals surface area contributed by atoms with Crippen molar-refractivity contribution in [3.8, 4) is 0 Å². The van der Waals surface area contributed by atoms with Gasteiger partial charge in [0.25, 0.3) is 0 Å². The van der Waals surface area contributed by atoms with Crippen LogP contribution in [0.15, 0.2) is 84.1 Å². The molecule has 0 radical (unpaired) electrons. The predicted molar refractivity (Wildman–Crippen MR) is 160 cm³/mol. The largest absolute Gasteiger partial charge is 0.445 e. The van der Waals surface area contributed by atoms with E-state index in [1.54, 1.807) is 33.2 Å². The van der Waals surface area contributed by atoms with E-state index >= 15 is 0 Å². The number of hydrogen-bond acceptors (Lipinski definition) is 10. The van der Waals surface area contributed by atoms with Gasteiger partial charge in [-0.05, 0) is 11.1 Å². The van der Waals surface area contributed by atoms with Gasteiger partial charge in [0.1, 0.15) is 13.2 Å². The summed E-state index contributed by atoms with van der Waals surface area (Å²) < 4.78 is 22.5. The van der Waals surface area contributed by atoms with Crippen molar-refractivity contribution in [2.24, 2.45) is 0 Å². The van der Waals surface area contributed by atoms with E-state index in [1.165, 1.54) is 22.7 Å². The molecule has 12 heteroatoms. The number of ether oxygens (including phenoxy) is 4. The molecule has 0 saturated carbocycles. The Morgan fingerprint density at radius 1 is 0.619 bits per heavy atom. The van der Waals surface area contributed by atoms with Crippen LogP contribution >= 0.6 is 22.7 Å². The molecule has 0 bridgehead atoms. The first-order valence-corrected chi connectivity index (χ1v) is 15.2. The number of amides is 2. The number of carbonyl (C=O) groups is 2. The van der Waals surface area contributed by atoms with Gasteiger partial charge in [0.2, 0.25) is 0 Å². The summed E-state index contributed by atoms with van der Waals surface area (Å²) in [5.74, 6) is 0. The van der Waals surface area contributed by atoms with Gasteiger partial charge in [-0.15, -0.1) is 22.7 Å². The van der Waals surface area contributed by atoms with E-state index in [9.17, 15) is 9.59 Å². The van der Waals surface area contributed by atoms with Crippen LogP contribution in [0.3, 0.4) is 0 Å². The quantitative estimate of drug-likeness (QED) is 0.142. The Labute approximate surface area is 253 Å². The third kappa shape index (κ3) is 11.2. The van der Waals surface area contributed by atoms with Gasteiger partial charge in [-0.2, -0.15) is 0 Å². The fourth-order valence-electron chi connectivity index (χ4n) is 3.80. The van der Waals surface area contributed by atoms with E-state index in [-0.39, 0.29) is 13.2 Å². The number of carbonyl (C=O) groups excluding carboxylic acids is 2. The van der Waals surface area contributed by atoms with Gasteiger partial charge in [0.05, 0.1) is 48.9 Å². The van der Waals surface area contributed by atoms with E-state index < -0.39 is 12.2 Å². The zero-order valence-electron chi connectivity index (χ0n) is 23.2. The molecule has 0 aliphatic heterocycles. The number of aromatic nitrogens is 2. The van der Waals surface area contributed by atoms with Crippen LogP contribution in [0.2, 0.25) is 0 Å². The summed E-state index contributed by atoms with van der Waals surface area (Å²) in [4.78, 5) is 38.7. The Hall–Kier alpha value is -3.84. The molecule has 10 nitrogen and oxygen atoms in total. The maximum Gasteiger partial charge on any atom is 0.410 e. The third-order valence-electron chi connectivity index (χ3n) is 5.97. The Morgan fingerprint density at radius 2 is 1.14 bits per heavy atom. The molecule has 0 spiro atoms. The highest BCUT2D eigenvalue weighted by molar-refractivity contribution is 7.09. The molecule has 4 rings (SSSR count). The highest BCUT2D eigenvalue weighted by Gasteiger charge is 2.18. The van der Waals surface area contributed by atoms with Gasteiger partial charge < -0.3 is 28.7 Å². The average molecular weight is 611 g/mol. The number of thiazole rings is 2. The lowest BCUT2D eigenvalue weighted by atomic mass is 10.2. The molecule has 0 fully saturated rings. The van der Waals surface area contributed by atoms with Gasteiger partial charge in [-0.25, -0.2) is 9.59 Å². The number of hydrogen-bond donors (Lipinski definition) is 0. The van der Waals surface area contributed by atoms with E-state index in [1.807, 2.05) is 60.7 Å². The molecule has 0 aliphatic carbocycles. The van der Waals surface area contributed by atoms with Crippen molar-refractivity contribution in [3.63, 3.8) is 0 Å². The second kappa shape index (κ2) is 17.9. The first-order chi connectivity index (χ1) is 20.7. The molecular formula is C30H34N4O6S2. The maximum atomic E-state index is 12.8. The van der Waals surface area contributed by atoms with Crippen LogP contribution in [0.4, 0.5) is 9.59 Å². The molecule has 2 heterocycles. The molecule has 0 unspecified atom stereocenters. The minimum atomic E-state index is -0.410. The molecule has 2 aromatic heterocycles. The zero-order chi connectivity index (χ0) is 29.2. The molecule has 2 amide bonds. The smallest absolute Gasteiger partial charge is 0.410 e. The summed E-state index contributed by atoms with van der Waals surface area (Å²) in [6.45, 7) is 3.28. The van der Waals surface area contributed by atoms with Crippen LogP contribution < -0.4 is 0 Å². The molecule has 0 aliphatic rings. The van der Waals surface area contributed by atoms with Crippen LogP contribution in [0, 0.1) is 0 Å². The van der Waals surface area contributed by atoms with E-state index in [2.05, 4.69) is 9.97 Å². The maximum absolute atomic E-state index is 12.8. The van der Waals surface area contributed by atoms with Gasteiger partial charge in [0, 0.05) is 36.9 Å².